The van der Waals surface area contributed by atoms with Crippen LogP contribution in [0.2, 0.25) is 0 Å². The van der Waals surface area contributed by atoms with E-state index in [9.17, 15) is 9.59 Å². The average molecular weight is 416 g/mol. The lowest BCUT2D eigenvalue weighted by atomic mass is 9.84. The number of benzene rings is 1. The van der Waals surface area contributed by atoms with Gasteiger partial charge in [-0.2, -0.15) is 5.10 Å². The molecule has 3 N–H and O–H groups in total. The number of carboxylic acid groups (broad SMARTS) is 1. The summed E-state index contributed by atoms with van der Waals surface area (Å²) in [5, 5.41) is 17.9. The molecule has 1 amide bonds. The highest BCUT2D eigenvalue weighted by molar-refractivity contribution is 6.05. The molecular formula is C21H28N4O5. The summed E-state index contributed by atoms with van der Waals surface area (Å²) in [6, 6.07) is 5.75. The van der Waals surface area contributed by atoms with Crippen LogP contribution in [0.5, 0.6) is 0 Å². The first-order valence-electron chi connectivity index (χ1n) is 10.2. The van der Waals surface area contributed by atoms with Crippen molar-refractivity contribution in [2.75, 3.05) is 19.6 Å². The summed E-state index contributed by atoms with van der Waals surface area (Å²) in [5.41, 5.74) is 1.99. The molecule has 3 aliphatic heterocycles. The van der Waals surface area contributed by atoms with Crippen LogP contribution in [0.3, 0.4) is 0 Å². The monoisotopic (exact) mass is 416 g/mol. The number of fused-ring (bicyclic) bond motifs is 4. The standard InChI is InChI=1S/C20H26N4O3.CH2O2/c1-12(2)27-18(25)10-13-3-4-16-15(9-13)19(23-22-16)20(26)21-17-11-24-7-5-14(17)6-8-24;2-1-3/h3-4,9,12,14,17H,5-8,10-11H2,1-2H3,(H,21,26)(H,22,23);1H,(H,2,3)/t17-;/m0./s1. The Morgan fingerprint density at radius 3 is 2.67 bits per heavy atom. The van der Waals surface area contributed by atoms with Crippen LogP contribution in [-0.2, 0) is 20.7 Å². The predicted octanol–water partition coefficient (Wildman–Crippen LogP) is 1.58. The van der Waals surface area contributed by atoms with Crippen molar-refractivity contribution in [1.29, 1.82) is 0 Å². The van der Waals surface area contributed by atoms with Gasteiger partial charge in [-0.05, 0) is 63.4 Å². The normalized spacial score (nSPS) is 22.3. The van der Waals surface area contributed by atoms with E-state index in [0.29, 0.717) is 11.6 Å². The molecule has 1 aromatic heterocycles. The highest BCUT2D eigenvalue weighted by Gasteiger charge is 2.35. The number of hydrogen-bond donors (Lipinski definition) is 3. The van der Waals surface area contributed by atoms with E-state index in [1.54, 1.807) is 0 Å². The second-order valence-electron chi connectivity index (χ2n) is 7.99. The molecule has 2 aromatic rings. The van der Waals surface area contributed by atoms with E-state index < -0.39 is 0 Å². The van der Waals surface area contributed by atoms with Crippen LogP contribution in [0.15, 0.2) is 18.2 Å². The molecule has 30 heavy (non-hydrogen) atoms. The minimum absolute atomic E-state index is 0.141. The zero-order valence-corrected chi connectivity index (χ0v) is 17.3. The van der Waals surface area contributed by atoms with Crippen LogP contribution < -0.4 is 5.32 Å². The van der Waals surface area contributed by atoms with Crippen molar-refractivity contribution in [2.45, 2.75) is 45.3 Å². The molecule has 0 unspecified atom stereocenters. The summed E-state index contributed by atoms with van der Waals surface area (Å²) in [6.07, 6.45) is 2.33. The van der Waals surface area contributed by atoms with Crippen molar-refractivity contribution in [3.8, 4) is 0 Å². The second-order valence-corrected chi connectivity index (χ2v) is 7.99. The minimum atomic E-state index is -0.272. The molecule has 3 fully saturated rings. The van der Waals surface area contributed by atoms with Gasteiger partial charge in [0.15, 0.2) is 5.69 Å². The molecule has 9 heteroatoms. The molecule has 3 saturated heterocycles. The maximum atomic E-state index is 12.8. The fraction of sp³-hybridized carbons (Fsp3) is 0.524. The third-order valence-electron chi connectivity index (χ3n) is 5.53. The lowest BCUT2D eigenvalue weighted by molar-refractivity contribution is -0.146. The third-order valence-corrected chi connectivity index (χ3v) is 5.53. The van der Waals surface area contributed by atoms with Crippen LogP contribution in [-0.4, -0.2) is 70.3 Å². The summed E-state index contributed by atoms with van der Waals surface area (Å²) >= 11 is 0. The number of nitrogens with one attached hydrogen (secondary N) is 2. The highest BCUT2D eigenvalue weighted by atomic mass is 16.5. The summed E-state index contributed by atoms with van der Waals surface area (Å²) in [4.78, 5) is 35.5. The van der Waals surface area contributed by atoms with Gasteiger partial charge in [0.1, 0.15) is 0 Å². The Labute approximate surface area is 174 Å². The highest BCUT2D eigenvalue weighted by Crippen LogP contribution is 2.28. The molecule has 9 nitrogen and oxygen atoms in total. The number of carbonyl (C=O) groups excluding carboxylic acids is 2. The van der Waals surface area contributed by atoms with Crippen molar-refractivity contribution in [3.05, 3.63) is 29.5 Å². The van der Waals surface area contributed by atoms with Gasteiger partial charge in [-0.15, -0.1) is 0 Å². The average Bonchev–Trinajstić information content (AvgIpc) is 3.12. The quantitative estimate of drug-likeness (QED) is 0.499. The maximum absolute atomic E-state index is 12.8. The molecule has 0 spiro atoms. The van der Waals surface area contributed by atoms with E-state index in [1.165, 1.54) is 0 Å². The van der Waals surface area contributed by atoms with E-state index in [0.717, 1.165) is 48.9 Å². The zero-order chi connectivity index (χ0) is 21.7. The van der Waals surface area contributed by atoms with Crippen LogP contribution in [0, 0.1) is 5.92 Å². The molecule has 1 atom stereocenters. The van der Waals surface area contributed by atoms with Gasteiger partial charge in [-0.1, -0.05) is 6.07 Å². The Morgan fingerprint density at radius 1 is 1.37 bits per heavy atom. The number of hydrogen-bond acceptors (Lipinski definition) is 6. The zero-order valence-electron chi connectivity index (χ0n) is 17.3. The first kappa shape index (κ1) is 21.8. The Kier molecular flexibility index (Phi) is 7.04. The number of ether oxygens (including phenoxy) is 1. The molecule has 162 valence electrons. The Bertz CT molecular complexity index is 902. The summed E-state index contributed by atoms with van der Waals surface area (Å²) < 4.78 is 5.21. The molecule has 1 aromatic carbocycles. The first-order valence-corrected chi connectivity index (χ1v) is 10.2. The van der Waals surface area contributed by atoms with E-state index in [2.05, 4.69) is 20.4 Å². The van der Waals surface area contributed by atoms with E-state index >= 15 is 0 Å². The number of rotatable bonds is 5. The van der Waals surface area contributed by atoms with Crippen molar-refractivity contribution in [2.24, 2.45) is 5.92 Å². The van der Waals surface area contributed by atoms with Crippen molar-refractivity contribution >= 4 is 29.3 Å². The first-order chi connectivity index (χ1) is 14.4. The van der Waals surface area contributed by atoms with E-state index in [1.807, 2.05) is 32.0 Å². The third kappa shape index (κ3) is 5.15. The molecule has 5 rings (SSSR count). The fourth-order valence-electron chi connectivity index (χ4n) is 4.18. The van der Waals surface area contributed by atoms with Gasteiger partial charge in [-0.3, -0.25) is 19.5 Å². The van der Waals surface area contributed by atoms with Crippen molar-refractivity contribution in [3.63, 3.8) is 0 Å². The number of H-pyrrole nitrogens is 1. The number of esters is 1. The number of amides is 1. The van der Waals surface area contributed by atoms with Crippen LogP contribution in [0.1, 0.15) is 42.7 Å². The molecule has 0 radical (unpaired) electrons. The minimum Gasteiger partial charge on any atom is -0.483 e. The van der Waals surface area contributed by atoms with E-state index in [-0.39, 0.29) is 36.9 Å². The van der Waals surface area contributed by atoms with Gasteiger partial charge >= 0.3 is 5.97 Å². The summed E-state index contributed by atoms with van der Waals surface area (Å²) in [5.74, 6) is 0.138. The number of carbonyl (C=O) groups is 3. The fourth-order valence-corrected chi connectivity index (χ4v) is 4.18. The van der Waals surface area contributed by atoms with Gasteiger partial charge in [0.2, 0.25) is 0 Å². The van der Waals surface area contributed by atoms with Crippen LogP contribution in [0.25, 0.3) is 10.9 Å². The number of piperidine rings is 3. The van der Waals surface area contributed by atoms with Gasteiger partial charge < -0.3 is 20.1 Å². The largest absolute Gasteiger partial charge is 0.483 e. The maximum Gasteiger partial charge on any atom is 0.310 e. The summed E-state index contributed by atoms with van der Waals surface area (Å²) in [6.45, 7) is 6.60. The van der Waals surface area contributed by atoms with Crippen LogP contribution >= 0.6 is 0 Å². The Hall–Kier alpha value is -2.94. The molecule has 0 saturated carbocycles. The Balaban J connectivity index is 0.000000806. The number of aromatic nitrogens is 2. The SMILES string of the molecule is CC(C)OC(=O)Cc1ccc2[nH]nc(C(=O)N[C@H]3CN4CCC3CC4)c2c1.O=CO. The van der Waals surface area contributed by atoms with Crippen molar-refractivity contribution < 1.29 is 24.2 Å². The van der Waals surface area contributed by atoms with Crippen LogP contribution in [0.4, 0.5) is 0 Å². The van der Waals surface area contributed by atoms with Gasteiger partial charge in [0.25, 0.3) is 12.4 Å². The molecular weight excluding hydrogens is 388 g/mol. The second kappa shape index (κ2) is 9.71. The predicted molar refractivity (Wildman–Crippen MR) is 110 cm³/mol. The van der Waals surface area contributed by atoms with E-state index in [4.69, 9.17) is 14.6 Å². The molecule has 2 bridgehead atoms. The number of aromatic amines is 1. The smallest absolute Gasteiger partial charge is 0.310 e. The molecule has 3 aliphatic rings. The topological polar surface area (TPSA) is 125 Å². The summed E-state index contributed by atoms with van der Waals surface area (Å²) in [7, 11) is 0. The Morgan fingerprint density at radius 2 is 2.07 bits per heavy atom. The van der Waals surface area contributed by atoms with Gasteiger partial charge in [0, 0.05) is 18.0 Å². The lowest BCUT2D eigenvalue weighted by Crippen LogP contribution is -2.57. The molecule has 4 heterocycles. The number of nitrogens with zero attached hydrogens (tertiary/aromatic N) is 2. The van der Waals surface area contributed by atoms with Crippen molar-refractivity contribution in [1.82, 2.24) is 20.4 Å². The molecule has 0 aliphatic carbocycles. The lowest BCUT2D eigenvalue weighted by Gasteiger charge is -2.44. The van der Waals surface area contributed by atoms with Gasteiger partial charge in [-0.25, -0.2) is 0 Å². The van der Waals surface area contributed by atoms with Gasteiger partial charge in [0.05, 0.1) is 18.0 Å².